The maximum Gasteiger partial charge on any atom is 0.131 e. The minimum atomic E-state index is -0.209. The third-order valence-electron chi connectivity index (χ3n) is 2.93. The summed E-state index contributed by atoms with van der Waals surface area (Å²) in [5, 5.41) is 3.32. The molecule has 0 heterocycles. The van der Waals surface area contributed by atoms with Crippen molar-refractivity contribution in [3.63, 3.8) is 0 Å². The molecule has 0 amide bonds. The predicted octanol–water partition coefficient (Wildman–Crippen LogP) is 3.84. The van der Waals surface area contributed by atoms with Gasteiger partial charge in [0.05, 0.1) is 7.11 Å². The maximum atomic E-state index is 14.0. The predicted molar refractivity (Wildman–Crippen MR) is 73.4 cm³/mol. The number of benzene rings is 1. The molecule has 1 aromatic carbocycles. The molecule has 0 saturated carbocycles. The van der Waals surface area contributed by atoms with Crippen molar-refractivity contribution in [1.29, 1.82) is 0 Å². The van der Waals surface area contributed by atoms with Crippen molar-refractivity contribution in [3.8, 4) is 5.75 Å². The monoisotopic (exact) mass is 251 g/mol. The summed E-state index contributed by atoms with van der Waals surface area (Å²) in [5.74, 6) is 0.344. The highest BCUT2D eigenvalue weighted by Gasteiger charge is 2.14. The zero-order valence-corrected chi connectivity index (χ0v) is 11.2. The Kier molecular flexibility index (Phi) is 6.44. The lowest BCUT2D eigenvalue weighted by Gasteiger charge is -2.19. The number of hydrogen-bond donors (Lipinski definition) is 1. The van der Waals surface area contributed by atoms with Gasteiger partial charge in [0.1, 0.15) is 11.6 Å². The quantitative estimate of drug-likeness (QED) is 0.560. The molecule has 0 spiro atoms. The van der Waals surface area contributed by atoms with Crippen molar-refractivity contribution in [2.45, 2.75) is 32.2 Å². The van der Waals surface area contributed by atoms with Crippen molar-refractivity contribution >= 4 is 0 Å². The lowest BCUT2D eigenvalue weighted by atomic mass is 10.00. The number of ether oxygens (including phenoxy) is 1. The minimum Gasteiger partial charge on any atom is -0.497 e. The van der Waals surface area contributed by atoms with E-state index in [-0.39, 0.29) is 11.9 Å². The Morgan fingerprint density at radius 3 is 2.83 bits per heavy atom. The maximum absolute atomic E-state index is 14.0. The molecule has 1 atom stereocenters. The highest BCUT2D eigenvalue weighted by molar-refractivity contribution is 5.30. The molecule has 0 bridgehead atoms. The van der Waals surface area contributed by atoms with Crippen molar-refractivity contribution in [1.82, 2.24) is 5.32 Å². The van der Waals surface area contributed by atoms with Gasteiger partial charge in [-0.15, -0.1) is 6.58 Å². The zero-order valence-electron chi connectivity index (χ0n) is 11.2. The molecule has 0 aromatic heterocycles. The van der Waals surface area contributed by atoms with Gasteiger partial charge >= 0.3 is 0 Å². The molecule has 0 fully saturated rings. The smallest absolute Gasteiger partial charge is 0.131 e. The summed E-state index contributed by atoms with van der Waals surface area (Å²) in [6.45, 7) is 6.56. The molecule has 0 radical (unpaired) electrons. The fraction of sp³-hybridized carbons (Fsp3) is 0.467. The third kappa shape index (κ3) is 4.15. The number of nitrogens with one attached hydrogen (secondary N) is 1. The zero-order chi connectivity index (χ0) is 13.4. The second kappa shape index (κ2) is 7.88. The summed E-state index contributed by atoms with van der Waals surface area (Å²) in [7, 11) is 1.54. The summed E-state index contributed by atoms with van der Waals surface area (Å²) in [5.41, 5.74) is 0.710. The Bertz CT molecular complexity index is 379. The molecule has 1 N–H and O–H groups in total. The van der Waals surface area contributed by atoms with Crippen LogP contribution in [0.1, 0.15) is 37.8 Å². The molecule has 3 heteroatoms. The van der Waals surface area contributed by atoms with Crippen LogP contribution in [0.25, 0.3) is 0 Å². The standard InChI is InChI=1S/C15H22FNO/c1-4-6-7-8-15(17-5-2)13-10-9-12(18-3)11-14(13)16/h4,9-11,15,17H,1,5-8H2,2-3H3. The second-order valence-electron chi connectivity index (χ2n) is 4.22. The number of allylic oxidation sites excluding steroid dienone is 1. The fourth-order valence-corrected chi connectivity index (χ4v) is 2.00. The highest BCUT2D eigenvalue weighted by Crippen LogP contribution is 2.25. The van der Waals surface area contributed by atoms with Crippen LogP contribution < -0.4 is 10.1 Å². The molecule has 0 aliphatic rings. The Hall–Kier alpha value is -1.35. The molecule has 1 unspecified atom stereocenters. The second-order valence-corrected chi connectivity index (χ2v) is 4.22. The number of hydrogen-bond acceptors (Lipinski definition) is 2. The normalized spacial score (nSPS) is 12.2. The molecule has 100 valence electrons. The van der Waals surface area contributed by atoms with Crippen molar-refractivity contribution in [2.24, 2.45) is 0 Å². The van der Waals surface area contributed by atoms with Crippen LogP contribution in [0.4, 0.5) is 4.39 Å². The topological polar surface area (TPSA) is 21.3 Å². The molecule has 18 heavy (non-hydrogen) atoms. The molecule has 0 aliphatic heterocycles. The van der Waals surface area contributed by atoms with Gasteiger partial charge < -0.3 is 10.1 Å². The van der Waals surface area contributed by atoms with Crippen LogP contribution >= 0.6 is 0 Å². The van der Waals surface area contributed by atoms with Gasteiger partial charge in [0.25, 0.3) is 0 Å². The van der Waals surface area contributed by atoms with Crippen LogP contribution in [0.3, 0.4) is 0 Å². The SMILES string of the molecule is C=CCCCC(NCC)c1ccc(OC)cc1F. The van der Waals surface area contributed by atoms with E-state index >= 15 is 0 Å². The molecule has 1 rings (SSSR count). The van der Waals surface area contributed by atoms with E-state index in [1.165, 1.54) is 6.07 Å². The first kappa shape index (κ1) is 14.7. The van der Waals surface area contributed by atoms with Crippen LogP contribution in [0, 0.1) is 5.82 Å². The van der Waals surface area contributed by atoms with Gasteiger partial charge in [0.15, 0.2) is 0 Å². The number of rotatable bonds is 8. The van der Waals surface area contributed by atoms with Crippen LogP contribution in [-0.2, 0) is 0 Å². The molecule has 1 aromatic rings. The van der Waals surface area contributed by atoms with Crippen LogP contribution in [0.5, 0.6) is 5.75 Å². The van der Waals surface area contributed by atoms with Gasteiger partial charge in [-0.25, -0.2) is 4.39 Å². The first-order chi connectivity index (χ1) is 8.72. The Morgan fingerprint density at radius 2 is 2.28 bits per heavy atom. The Balaban J connectivity index is 2.80. The summed E-state index contributed by atoms with van der Waals surface area (Å²) < 4.78 is 19.0. The summed E-state index contributed by atoms with van der Waals surface area (Å²) in [4.78, 5) is 0. The van der Waals surface area contributed by atoms with Gasteiger partial charge in [0, 0.05) is 17.7 Å². The Labute approximate surface area is 109 Å². The van der Waals surface area contributed by atoms with E-state index in [1.807, 2.05) is 13.0 Å². The number of halogens is 1. The third-order valence-corrected chi connectivity index (χ3v) is 2.93. The van der Waals surface area contributed by atoms with Crippen LogP contribution in [-0.4, -0.2) is 13.7 Å². The molecular weight excluding hydrogens is 229 g/mol. The molecule has 0 saturated heterocycles. The van der Waals surface area contributed by atoms with Gasteiger partial charge in [0.2, 0.25) is 0 Å². The minimum absolute atomic E-state index is 0.0563. The van der Waals surface area contributed by atoms with Crippen molar-refractivity contribution < 1.29 is 9.13 Å². The van der Waals surface area contributed by atoms with E-state index in [1.54, 1.807) is 19.2 Å². The van der Waals surface area contributed by atoms with Crippen molar-refractivity contribution in [2.75, 3.05) is 13.7 Å². The summed E-state index contributed by atoms with van der Waals surface area (Å²) in [6, 6.07) is 5.10. The van der Waals surface area contributed by atoms with Crippen LogP contribution in [0.2, 0.25) is 0 Å². The number of unbranched alkanes of at least 4 members (excludes halogenated alkanes) is 1. The van der Waals surface area contributed by atoms with Gasteiger partial charge in [-0.2, -0.15) is 0 Å². The van der Waals surface area contributed by atoms with E-state index in [0.717, 1.165) is 25.8 Å². The van der Waals surface area contributed by atoms with E-state index in [4.69, 9.17) is 4.74 Å². The largest absolute Gasteiger partial charge is 0.497 e. The lowest BCUT2D eigenvalue weighted by molar-refractivity contribution is 0.408. The van der Waals surface area contributed by atoms with E-state index in [0.29, 0.717) is 11.3 Å². The average molecular weight is 251 g/mol. The lowest BCUT2D eigenvalue weighted by Crippen LogP contribution is -2.21. The molecule has 2 nitrogen and oxygen atoms in total. The number of methoxy groups -OCH3 is 1. The van der Waals surface area contributed by atoms with E-state index < -0.39 is 0 Å². The fourth-order valence-electron chi connectivity index (χ4n) is 2.00. The van der Waals surface area contributed by atoms with Crippen molar-refractivity contribution in [3.05, 3.63) is 42.2 Å². The average Bonchev–Trinajstić information content (AvgIpc) is 2.38. The van der Waals surface area contributed by atoms with Gasteiger partial charge in [-0.1, -0.05) is 19.1 Å². The molecular formula is C15H22FNO. The van der Waals surface area contributed by atoms with Gasteiger partial charge in [-0.3, -0.25) is 0 Å². The van der Waals surface area contributed by atoms with Gasteiger partial charge in [-0.05, 0) is 31.9 Å². The summed E-state index contributed by atoms with van der Waals surface area (Å²) >= 11 is 0. The first-order valence-electron chi connectivity index (χ1n) is 6.40. The van der Waals surface area contributed by atoms with E-state index in [2.05, 4.69) is 11.9 Å². The Morgan fingerprint density at radius 1 is 1.50 bits per heavy atom. The molecule has 0 aliphatic carbocycles. The summed E-state index contributed by atoms with van der Waals surface area (Å²) in [6.07, 6.45) is 4.77. The first-order valence-corrected chi connectivity index (χ1v) is 6.40. The van der Waals surface area contributed by atoms with E-state index in [9.17, 15) is 4.39 Å². The van der Waals surface area contributed by atoms with Crippen LogP contribution in [0.15, 0.2) is 30.9 Å². The highest BCUT2D eigenvalue weighted by atomic mass is 19.1.